The van der Waals surface area contributed by atoms with Gasteiger partial charge in [-0.15, -0.1) is 0 Å². The summed E-state index contributed by atoms with van der Waals surface area (Å²) in [4.78, 5) is 12.9. The summed E-state index contributed by atoms with van der Waals surface area (Å²) in [6.45, 7) is 1.92. The molecule has 0 spiro atoms. The molecule has 1 amide bonds. The van der Waals surface area contributed by atoms with Crippen molar-refractivity contribution in [1.82, 2.24) is 20.4 Å². The summed E-state index contributed by atoms with van der Waals surface area (Å²) in [5, 5.41) is 11.1. The van der Waals surface area contributed by atoms with E-state index in [-0.39, 0.29) is 11.9 Å². The average molecular weight is 376 g/mol. The minimum Gasteiger partial charge on any atom is -0.464 e. The van der Waals surface area contributed by atoms with Crippen LogP contribution in [0.3, 0.4) is 0 Å². The van der Waals surface area contributed by atoms with Crippen molar-refractivity contribution in [2.24, 2.45) is 0 Å². The second kappa shape index (κ2) is 7.28. The Labute approximate surface area is 163 Å². The van der Waals surface area contributed by atoms with E-state index in [0.29, 0.717) is 5.92 Å². The Hall–Kier alpha value is -2.86. The van der Waals surface area contributed by atoms with Gasteiger partial charge in [0.15, 0.2) is 0 Å². The molecule has 1 aliphatic carbocycles. The van der Waals surface area contributed by atoms with Gasteiger partial charge < -0.3 is 15.1 Å². The summed E-state index contributed by atoms with van der Waals surface area (Å²) >= 11 is 0. The molecule has 2 aromatic heterocycles. The van der Waals surface area contributed by atoms with Crippen molar-refractivity contribution in [2.75, 3.05) is 13.1 Å². The molecule has 0 unspecified atom stereocenters. The van der Waals surface area contributed by atoms with Crippen LogP contribution in [-0.4, -0.2) is 34.8 Å². The Balaban J connectivity index is 1.41. The molecular weight excluding hydrogens is 352 g/mol. The van der Waals surface area contributed by atoms with E-state index in [4.69, 9.17) is 4.42 Å². The number of rotatable bonds is 5. The highest BCUT2D eigenvalue weighted by molar-refractivity contribution is 5.95. The molecular formula is C22H24N4O2. The van der Waals surface area contributed by atoms with Gasteiger partial charge in [-0.2, -0.15) is 5.10 Å². The summed E-state index contributed by atoms with van der Waals surface area (Å²) in [6.07, 6.45) is 7.59. The van der Waals surface area contributed by atoms with Crippen molar-refractivity contribution in [1.29, 1.82) is 0 Å². The van der Waals surface area contributed by atoms with Crippen LogP contribution in [0.2, 0.25) is 0 Å². The van der Waals surface area contributed by atoms with Crippen molar-refractivity contribution in [3.63, 3.8) is 0 Å². The fraction of sp³-hybridized carbons (Fsp3) is 0.364. The zero-order chi connectivity index (χ0) is 18.9. The van der Waals surface area contributed by atoms with E-state index in [0.717, 1.165) is 67.0 Å². The zero-order valence-corrected chi connectivity index (χ0v) is 15.7. The van der Waals surface area contributed by atoms with Gasteiger partial charge in [0.25, 0.3) is 5.91 Å². The van der Waals surface area contributed by atoms with Gasteiger partial charge in [-0.1, -0.05) is 0 Å². The second-order valence-corrected chi connectivity index (χ2v) is 7.65. The number of nitrogens with zero attached hydrogens (tertiary/aromatic N) is 2. The van der Waals surface area contributed by atoms with E-state index in [1.54, 1.807) is 12.5 Å². The Kier molecular flexibility index (Phi) is 4.49. The summed E-state index contributed by atoms with van der Waals surface area (Å²) in [7, 11) is 0. The molecule has 1 aromatic carbocycles. The number of nitrogens with one attached hydrogen (secondary N) is 2. The highest BCUT2D eigenvalue weighted by Gasteiger charge is 2.33. The number of carbonyl (C=O) groups is 1. The predicted octanol–water partition coefficient (Wildman–Crippen LogP) is 3.49. The fourth-order valence-electron chi connectivity index (χ4n) is 3.93. The van der Waals surface area contributed by atoms with Gasteiger partial charge in [0.1, 0.15) is 5.76 Å². The van der Waals surface area contributed by atoms with Crippen LogP contribution in [-0.2, 0) is 0 Å². The van der Waals surface area contributed by atoms with Gasteiger partial charge in [-0.05, 0) is 75.2 Å². The molecule has 2 N–H and O–H groups in total. The van der Waals surface area contributed by atoms with Crippen LogP contribution < -0.4 is 10.6 Å². The van der Waals surface area contributed by atoms with Crippen LogP contribution in [0.15, 0.2) is 53.3 Å². The topological polar surface area (TPSA) is 72.1 Å². The molecule has 1 saturated carbocycles. The molecule has 2 fully saturated rings. The Morgan fingerprint density at radius 3 is 2.57 bits per heavy atom. The first-order chi connectivity index (χ1) is 13.8. The van der Waals surface area contributed by atoms with Crippen LogP contribution in [0.25, 0.3) is 17.0 Å². The lowest BCUT2D eigenvalue weighted by atomic mass is 10.1. The third-order valence-corrected chi connectivity index (χ3v) is 5.61. The van der Waals surface area contributed by atoms with Crippen molar-refractivity contribution in [3.05, 3.63) is 60.1 Å². The Bertz CT molecular complexity index is 949. The lowest BCUT2D eigenvalue weighted by Crippen LogP contribution is -2.42. The number of hydrogen-bond donors (Lipinski definition) is 2. The van der Waals surface area contributed by atoms with Crippen molar-refractivity contribution < 1.29 is 9.21 Å². The molecule has 144 valence electrons. The molecule has 2 aliphatic rings. The monoisotopic (exact) mass is 376 g/mol. The van der Waals surface area contributed by atoms with Crippen LogP contribution in [0.1, 0.15) is 47.7 Å². The number of aromatic nitrogens is 2. The maximum absolute atomic E-state index is 12.9. The lowest BCUT2D eigenvalue weighted by molar-refractivity contribution is 0.0928. The summed E-state index contributed by atoms with van der Waals surface area (Å²) in [5.41, 5.74) is 3.75. The zero-order valence-electron chi connectivity index (χ0n) is 15.7. The summed E-state index contributed by atoms with van der Waals surface area (Å²) in [6, 6.07) is 12.2. The van der Waals surface area contributed by atoms with E-state index in [1.807, 2.05) is 41.1 Å². The van der Waals surface area contributed by atoms with Gasteiger partial charge in [-0.25, -0.2) is 4.68 Å². The smallest absolute Gasteiger partial charge is 0.255 e. The van der Waals surface area contributed by atoms with Crippen LogP contribution >= 0.6 is 0 Å². The maximum atomic E-state index is 12.9. The van der Waals surface area contributed by atoms with E-state index >= 15 is 0 Å². The third-order valence-electron chi connectivity index (χ3n) is 5.61. The van der Waals surface area contributed by atoms with Gasteiger partial charge in [-0.3, -0.25) is 4.79 Å². The molecule has 0 radical (unpaired) electrons. The molecule has 3 aromatic rings. The summed E-state index contributed by atoms with van der Waals surface area (Å²) < 4.78 is 7.40. The van der Waals surface area contributed by atoms with E-state index in [2.05, 4.69) is 15.7 Å². The van der Waals surface area contributed by atoms with Crippen LogP contribution in [0.5, 0.6) is 0 Å². The Morgan fingerprint density at radius 2 is 1.89 bits per heavy atom. The quantitative estimate of drug-likeness (QED) is 0.715. The minimum absolute atomic E-state index is 0.00672. The fourth-order valence-corrected chi connectivity index (χ4v) is 3.93. The largest absolute Gasteiger partial charge is 0.464 e. The average Bonchev–Trinajstić information content (AvgIpc) is 3.24. The number of carbonyl (C=O) groups excluding carboxylic acids is 1. The molecule has 6 nitrogen and oxygen atoms in total. The number of furan rings is 1. The normalized spacial score (nSPS) is 17.6. The van der Waals surface area contributed by atoms with Crippen molar-refractivity contribution >= 4 is 5.91 Å². The van der Waals surface area contributed by atoms with Gasteiger partial charge in [0.2, 0.25) is 0 Å². The highest BCUT2D eigenvalue weighted by Crippen LogP contribution is 2.42. The number of hydrogen-bond acceptors (Lipinski definition) is 4. The molecule has 1 saturated heterocycles. The molecule has 28 heavy (non-hydrogen) atoms. The number of benzene rings is 1. The highest BCUT2D eigenvalue weighted by atomic mass is 16.3. The van der Waals surface area contributed by atoms with Crippen molar-refractivity contribution in [3.8, 4) is 17.0 Å². The first kappa shape index (κ1) is 17.3. The van der Waals surface area contributed by atoms with Crippen LogP contribution in [0.4, 0.5) is 0 Å². The van der Waals surface area contributed by atoms with Gasteiger partial charge >= 0.3 is 0 Å². The molecule has 0 atom stereocenters. The van der Waals surface area contributed by atoms with E-state index in [1.165, 1.54) is 0 Å². The van der Waals surface area contributed by atoms with Crippen molar-refractivity contribution in [2.45, 2.75) is 37.6 Å². The SMILES string of the molecule is O=C(NC1CCNCC1)c1cnn(-c2ccc(-c3ccco3)cc2)c1C1CC1. The number of piperidine rings is 1. The first-order valence-electron chi connectivity index (χ1n) is 10.0. The van der Waals surface area contributed by atoms with E-state index < -0.39 is 0 Å². The third kappa shape index (κ3) is 3.36. The number of amides is 1. The summed E-state index contributed by atoms with van der Waals surface area (Å²) in [5.74, 6) is 1.27. The molecule has 3 heterocycles. The molecule has 1 aliphatic heterocycles. The van der Waals surface area contributed by atoms with Gasteiger partial charge in [0.05, 0.1) is 29.4 Å². The van der Waals surface area contributed by atoms with Gasteiger partial charge in [0, 0.05) is 17.5 Å². The maximum Gasteiger partial charge on any atom is 0.255 e. The lowest BCUT2D eigenvalue weighted by Gasteiger charge is -2.23. The van der Waals surface area contributed by atoms with E-state index in [9.17, 15) is 4.79 Å². The second-order valence-electron chi connectivity index (χ2n) is 7.65. The Morgan fingerprint density at radius 1 is 1.11 bits per heavy atom. The van der Waals surface area contributed by atoms with Crippen LogP contribution in [0, 0.1) is 0 Å². The minimum atomic E-state index is 0.00672. The molecule has 0 bridgehead atoms. The molecule has 5 rings (SSSR count). The predicted molar refractivity (Wildman–Crippen MR) is 107 cm³/mol. The standard InChI is InChI=1S/C22H24N4O2/c27-22(25-17-9-11-23-12-10-17)19-14-24-26(21(19)16-3-4-16)18-7-5-15(6-8-18)20-2-1-13-28-20/h1-2,5-8,13-14,16-17,23H,3-4,9-12H2,(H,25,27). The molecule has 6 heteroatoms. The first-order valence-corrected chi connectivity index (χ1v) is 10.0.